The van der Waals surface area contributed by atoms with Gasteiger partial charge in [0.05, 0.1) is 24.3 Å². The molecule has 0 spiro atoms. The lowest BCUT2D eigenvalue weighted by molar-refractivity contribution is -0.138. The summed E-state index contributed by atoms with van der Waals surface area (Å²) in [5.74, 6) is 0.853. The van der Waals surface area contributed by atoms with Crippen molar-refractivity contribution in [3.63, 3.8) is 0 Å². The SMILES string of the molecule is Cn1cnnc1[C@@H](c1cccc(N2Cc3c(cc(CC4(C)CNCCO4)cc3C(F)(F)F)C2=O)c1)C1CCC1. The third-order valence-electron chi connectivity index (χ3n) is 8.40. The van der Waals surface area contributed by atoms with Crippen molar-refractivity contribution in [3.05, 3.63) is 76.4 Å². The Morgan fingerprint density at radius 1 is 1.23 bits per heavy atom. The second kappa shape index (κ2) is 9.75. The van der Waals surface area contributed by atoms with Gasteiger partial charge < -0.3 is 19.5 Å². The minimum absolute atomic E-state index is 0.00784. The summed E-state index contributed by atoms with van der Waals surface area (Å²) in [6.07, 6.45) is 0.681. The fraction of sp³-hybridized carbons (Fsp3) is 0.483. The summed E-state index contributed by atoms with van der Waals surface area (Å²) in [6, 6.07) is 10.4. The predicted octanol–water partition coefficient (Wildman–Crippen LogP) is 4.85. The average molecular weight is 540 g/mol. The molecule has 0 radical (unpaired) electrons. The first-order valence-corrected chi connectivity index (χ1v) is 13.5. The third kappa shape index (κ3) is 4.84. The Hall–Kier alpha value is -3.24. The Morgan fingerprint density at radius 2 is 2.05 bits per heavy atom. The fourth-order valence-corrected chi connectivity index (χ4v) is 6.22. The molecule has 1 saturated heterocycles. The summed E-state index contributed by atoms with van der Waals surface area (Å²) < 4.78 is 50.6. The van der Waals surface area contributed by atoms with Crippen molar-refractivity contribution in [2.75, 3.05) is 24.6 Å². The van der Waals surface area contributed by atoms with E-state index in [0.29, 0.717) is 36.9 Å². The van der Waals surface area contributed by atoms with Gasteiger partial charge in [-0.05, 0) is 66.6 Å². The standard InChI is InChI=1S/C29H32F3N5O2/c1-28(16-33-9-10-39-28)14-18-11-22-23(24(12-18)29(30,31)32)15-37(27(22)38)21-8-4-7-20(13-21)25(19-5-3-6-19)26-35-34-17-36(26)2/h4,7-8,11-13,17,19,25,33H,3,5-6,9-10,14-16H2,1-2H3/t25-,28?/m1/s1. The molecular formula is C29H32F3N5O2. The van der Waals surface area contributed by atoms with E-state index < -0.39 is 23.2 Å². The molecule has 3 aromatic rings. The lowest BCUT2D eigenvalue weighted by Gasteiger charge is -2.34. The number of fused-ring (bicyclic) bond motifs is 1. The number of rotatable bonds is 6. The van der Waals surface area contributed by atoms with E-state index in [1.807, 2.05) is 36.7 Å². The Morgan fingerprint density at radius 3 is 2.69 bits per heavy atom. The van der Waals surface area contributed by atoms with Gasteiger partial charge in [0, 0.05) is 43.7 Å². The highest BCUT2D eigenvalue weighted by Gasteiger charge is 2.42. The van der Waals surface area contributed by atoms with E-state index in [1.54, 1.807) is 18.5 Å². The lowest BCUT2D eigenvalue weighted by Crippen LogP contribution is -2.49. The van der Waals surface area contributed by atoms with Crippen molar-refractivity contribution >= 4 is 11.6 Å². The molecule has 1 N–H and O–H groups in total. The van der Waals surface area contributed by atoms with Crippen molar-refractivity contribution in [3.8, 4) is 0 Å². The molecule has 2 fully saturated rings. The molecule has 6 rings (SSSR count). The number of alkyl halides is 3. The van der Waals surface area contributed by atoms with Crippen LogP contribution in [0.25, 0.3) is 0 Å². The van der Waals surface area contributed by atoms with Crippen LogP contribution in [0.15, 0.2) is 42.7 Å². The molecule has 1 aliphatic carbocycles. The molecule has 7 nitrogen and oxygen atoms in total. The molecule has 2 aromatic carbocycles. The molecule has 2 aliphatic heterocycles. The Balaban J connectivity index is 1.35. The van der Waals surface area contributed by atoms with Gasteiger partial charge in [-0.3, -0.25) is 4.79 Å². The Labute approximate surface area is 225 Å². The molecule has 0 bridgehead atoms. The highest BCUT2D eigenvalue weighted by Crippen LogP contribution is 2.44. The number of hydrogen-bond acceptors (Lipinski definition) is 5. The molecule has 39 heavy (non-hydrogen) atoms. The van der Waals surface area contributed by atoms with E-state index in [1.165, 1.54) is 11.0 Å². The number of amides is 1. The summed E-state index contributed by atoms with van der Waals surface area (Å²) in [4.78, 5) is 15.1. The predicted molar refractivity (Wildman–Crippen MR) is 140 cm³/mol. The highest BCUT2D eigenvalue weighted by atomic mass is 19.4. The van der Waals surface area contributed by atoms with Crippen LogP contribution in [0.3, 0.4) is 0 Å². The molecule has 1 unspecified atom stereocenters. The Bertz CT molecular complexity index is 1390. The van der Waals surface area contributed by atoms with Crippen molar-refractivity contribution in [2.24, 2.45) is 13.0 Å². The maximum absolute atomic E-state index is 14.3. The Kier molecular flexibility index (Phi) is 6.50. The van der Waals surface area contributed by atoms with Gasteiger partial charge in [-0.1, -0.05) is 18.6 Å². The molecule has 10 heteroatoms. The maximum Gasteiger partial charge on any atom is 0.416 e. The zero-order chi connectivity index (χ0) is 27.4. The van der Waals surface area contributed by atoms with Crippen molar-refractivity contribution in [1.29, 1.82) is 0 Å². The molecule has 3 heterocycles. The second-order valence-electron chi connectivity index (χ2n) is 11.3. The molecule has 1 saturated carbocycles. The molecule has 206 valence electrons. The minimum atomic E-state index is -4.58. The van der Waals surface area contributed by atoms with Gasteiger partial charge in [-0.2, -0.15) is 13.2 Å². The van der Waals surface area contributed by atoms with Crippen LogP contribution in [-0.2, 0) is 30.9 Å². The smallest absolute Gasteiger partial charge is 0.372 e. The van der Waals surface area contributed by atoms with Gasteiger partial charge in [-0.15, -0.1) is 10.2 Å². The quantitative estimate of drug-likeness (QED) is 0.485. The number of aromatic nitrogens is 3. The summed E-state index contributed by atoms with van der Waals surface area (Å²) in [6.45, 7) is 3.49. The van der Waals surface area contributed by atoms with E-state index in [-0.39, 0.29) is 30.0 Å². The average Bonchev–Trinajstić information content (AvgIpc) is 3.43. The zero-order valence-corrected chi connectivity index (χ0v) is 22.1. The van der Waals surface area contributed by atoms with Crippen molar-refractivity contribution in [2.45, 2.75) is 56.8 Å². The number of anilines is 1. The van der Waals surface area contributed by atoms with Gasteiger partial charge >= 0.3 is 6.18 Å². The first-order chi connectivity index (χ1) is 18.6. The van der Waals surface area contributed by atoms with Gasteiger partial charge in [0.15, 0.2) is 0 Å². The van der Waals surface area contributed by atoms with Crippen LogP contribution in [0.5, 0.6) is 0 Å². The molecular weight excluding hydrogens is 507 g/mol. The monoisotopic (exact) mass is 539 g/mol. The minimum Gasteiger partial charge on any atom is -0.372 e. The van der Waals surface area contributed by atoms with Crippen molar-refractivity contribution < 1.29 is 22.7 Å². The number of nitrogens with zero attached hydrogens (tertiary/aromatic N) is 4. The van der Waals surface area contributed by atoms with Gasteiger partial charge in [0.2, 0.25) is 0 Å². The molecule has 1 amide bonds. The fourth-order valence-electron chi connectivity index (χ4n) is 6.22. The third-order valence-corrected chi connectivity index (χ3v) is 8.40. The first-order valence-electron chi connectivity index (χ1n) is 13.5. The number of carbonyl (C=O) groups is 1. The number of aryl methyl sites for hydroxylation is 1. The zero-order valence-electron chi connectivity index (χ0n) is 22.1. The number of hydrogen-bond donors (Lipinski definition) is 1. The van der Waals surface area contributed by atoms with Crippen LogP contribution in [0.2, 0.25) is 0 Å². The second-order valence-corrected chi connectivity index (χ2v) is 11.3. The number of nitrogens with one attached hydrogen (secondary N) is 1. The summed E-state index contributed by atoms with van der Waals surface area (Å²) in [5.41, 5.74) is 0.774. The van der Waals surface area contributed by atoms with E-state index in [9.17, 15) is 18.0 Å². The van der Waals surface area contributed by atoms with E-state index in [0.717, 1.165) is 30.7 Å². The van der Waals surface area contributed by atoms with Crippen molar-refractivity contribution in [1.82, 2.24) is 20.1 Å². The topological polar surface area (TPSA) is 72.3 Å². The summed E-state index contributed by atoms with van der Waals surface area (Å²) >= 11 is 0. The van der Waals surface area contributed by atoms with Gasteiger partial charge in [-0.25, -0.2) is 0 Å². The number of benzene rings is 2. The van der Waals surface area contributed by atoms with Gasteiger partial charge in [0.25, 0.3) is 5.91 Å². The van der Waals surface area contributed by atoms with E-state index in [4.69, 9.17) is 4.74 Å². The van der Waals surface area contributed by atoms with E-state index >= 15 is 0 Å². The van der Waals surface area contributed by atoms with Crippen LogP contribution in [-0.4, -0.2) is 46.0 Å². The molecule has 1 aromatic heterocycles. The largest absolute Gasteiger partial charge is 0.416 e. The lowest BCUT2D eigenvalue weighted by atomic mass is 9.72. The molecule has 3 aliphatic rings. The van der Waals surface area contributed by atoms with Crippen LogP contribution in [0, 0.1) is 5.92 Å². The van der Waals surface area contributed by atoms with E-state index in [2.05, 4.69) is 15.5 Å². The van der Waals surface area contributed by atoms with Crippen LogP contribution < -0.4 is 10.2 Å². The number of halogens is 3. The van der Waals surface area contributed by atoms with Crippen LogP contribution >= 0.6 is 0 Å². The summed E-state index contributed by atoms with van der Waals surface area (Å²) in [5, 5.41) is 11.7. The molecule has 2 atom stereocenters. The number of carbonyl (C=O) groups excluding carboxylic acids is 1. The highest BCUT2D eigenvalue weighted by molar-refractivity contribution is 6.10. The maximum atomic E-state index is 14.3. The van der Waals surface area contributed by atoms with Gasteiger partial charge in [0.1, 0.15) is 12.2 Å². The summed E-state index contributed by atoms with van der Waals surface area (Å²) in [7, 11) is 1.91. The normalized spacial score (nSPS) is 22.6. The number of morpholine rings is 1. The number of ether oxygens (including phenoxy) is 1. The first kappa shape index (κ1) is 26.0. The van der Waals surface area contributed by atoms with Crippen LogP contribution in [0.1, 0.15) is 70.5 Å². The van der Waals surface area contributed by atoms with Crippen LogP contribution in [0.4, 0.5) is 18.9 Å².